The van der Waals surface area contributed by atoms with Crippen LogP contribution < -0.4 is 5.69 Å². The van der Waals surface area contributed by atoms with Gasteiger partial charge in [-0.2, -0.15) is 5.10 Å². The number of rotatable bonds is 3. The quantitative estimate of drug-likeness (QED) is 0.808. The molecule has 0 bridgehead atoms. The molecule has 3 atom stereocenters. The summed E-state index contributed by atoms with van der Waals surface area (Å²) in [4.78, 5) is 27.5. The fraction of sp³-hybridized carbons (Fsp3) is 0.550. The summed E-state index contributed by atoms with van der Waals surface area (Å²) in [5.41, 5.74) is 1.80. The second kappa shape index (κ2) is 5.99. The molecule has 2 aliphatic heterocycles. The topological polar surface area (TPSA) is 60.1 Å². The van der Waals surface area contributed by atoms with Crippen molar-refractivity contribution in [2.45, 2.75) is 44.7 Å². The fourth-order valence-electron chi connectivity index (χ4n) is 4.63. The third-order valence-corrected chi connectivity index (χ3v) is 6.38. The number of benzene rings is 1. The van der Waals surface area contributed by atoms with Crippen molar-refractivity contribution < 1.29 is 13.6 Å². The predicted octanol–water partition coefficient (Wildman–Crippen LogP) is 2.00. The summed E-state index contributed by atoms with van der Waals surface area (Å²) < 4.78 is 29.8. The Bertz CT molecular complexity index is 981. The highest BCUT2D eigenvalue weighted by Crippen LogP contribution is 2.59. The van der Waals surface area contributed by atoms with E-state index in [0.29, 0.717) is 25.2 Å². The van der Waals surface area contributed by atoms with Crippen LogP contribution >= 0.6 is 0 Å². The van der Waals surface area contributed by atoms with E-state index in [2.05, 4.69) is 5.10 Å². The van der Waals surface area contributed by atoms with Crippen molar-refractivity contribution in [1.29, 1.82) is 0 Å². The van der Waals surface area contributed by atoms with Crippen LogP contribution in [0.3, 0.4) is 0 Å². The van der Waals surface area contributed by atoms with Crippen LogP contribution in [0.25, 0.3) is 0 Å². The molecule has 1 amide bonds. The number of hydrogen-bond acceptors (Lipinski definition) is 3. The number of nitrogens with zero attached hydrogens (tertiary/aromatic N) is 4. The van der Waals surface area contributed by atoms with Crippen LogP contribution in [0.1, 0.15) is 35.8 Å². The summed E-state index contributed by atoms with van der Waals surface area (Å²) >= 11 is 0. The van der Waals surface area contributed by atoms with Crippen LogP contribution in [0.15, 0.2) is 29.1 Å². The molecule has 2 aromatic rings. The molecule has 148 valence electrons. The standard InChI is InChI=1S/C20H22F2N4O2/c1-12-5-7-13(8-6-12)9-25-19(28)26-16(3-2-4-17(26)23-25)18(27)24-10-14-15(11-24)20(14,21)22/h5-8,14-16H,2-4,9-11H2,1H3. The minimum Gasteiger partial charge on any atom is -0.340 e. The fourth-order valence-corrected chi connectivity index (χ4v) is 4.63. The summed E-state index contributed by atoms with van der Waals surface area (Å²) in [6.45, 7) is 2.53. The Hall–Kier alpha value is -2.51. The van der Waals surface area contributed by atoms with Gasteiger partial charge in [-0.25, -0.2) is 18.3 Å². The number of alkyl halides is 2. The van der Waals surface area contributed by atoms with Gasteiger partial charge in [-0.05, 0) is 25.3 Å². The first kappa shape index (κ1) is 17.6. The second-order valence-electron chi connectivity index (χ2n) is 8.25. The van der Waals surface area contributed by atoms with E-state index in [-0.39, 0.29) is 24.7 Å². The molecule has 0 spiro atoms. The van der Waals surface area contributed by atoms with E-state index in [4.69, 9.17) is 0 Å². The first-order valence-electron chi connectivity index (χ1n) is 9.76. The van der Waals surface area contributed by atoms with Gasteiger partial charge in [0.2, 0.25) is 5.91 Å². The number of halogens is 2. The van der Waals surface area contributed by atoms with Gasteiger partial charge >= 0.3 is 5.69 Å². The van der Waals surface area contributed by atoms with E-state index in [0.717, 1.165) is 17.5 Å². The lowest BCUT2D eigenvalue weighted by Crippen LogP contribution is -2.43. The van der Waals surface area contributed by atoms with E-state index in [1.807, 2.05) is 31.2 Å². The molecule has 5 rings (SSSR count). The first-order chi connectivity index (χ1) is 13.4. The van der Waals surface area contributed by atoms with Gasteiger partial charge in [0.25, 0.3) is 5.92 Å². The van der Waals surface area contributed by atoms with Crippen molar-refractivity contribution in [3.05, 3.63) is 51.7 Å². The Morgan fingerprint density at radius 1 is 1.21 bits per heavy atom. The molecule has 28 heavy (non-hydrogen) atoms. The van der Waals surface area contributed by atoms with Crippen molar-refractivity contribution in [3.8, 4) is 0 Å². The maximum atomic E-state index is 13.5. The SMILES string of the molecule is Cc1ccc(Cn2nc3n(c2=O)C(C(=O)N2CC4C(C2)C4(F)F)CCC3)cc1. The average molecular weight is 388 g/mol. The van der Waals surface area contributed by atoms with Crippen LogP contribution in [-0.2, 0) is 17.8 Å². The van der Waals surface area contributed by atoms with Crippen molar-refractivity contribution in [3.63, 3.8) is 0 Å². The number of likely N-dealkylation sites (tertiary alicyclic amines) is 1. The van der Waals surface area contributed by atoms with Gasteiger partial charge in [0.1, 0.15) is 11.9 Å². The van der Waals surface area contributed by atoms with Crippen molar-refractivity contribution >= 4 is 5.91 Å². The normalized spacial score (nSPS) is 27.4. The highest BCUT2D eigenvalue weighted by atomic mass is 19.3. The lowest BCUT2D eigenvalue weighted by atomic mass is 10.0. The molecule has 6 nitrogen and oxygen atoms in total. The zero-order valence-electron chi connectivity index (χ0n) is 15.6. The average Bonchev–Trinajstić information content (AvgIpc) is 3.04. The molecular formula is C20H22F2N4O2. The number of aryl methyl sites for hydroxylation is 2. The molecule has 0 radical (unpaired) electrons. The van der Waals surface area contributed by atoms with Gasteiger partial charge in [-0.3, -0.25) is 9.36 Å². The Balaban J connectivity index is 1.39. The largest absolute Gasteiger partial charge is 0.346 e. The van der Waals surface area contributed by atoms with Crippen LogP contribution in [0.2, 0.25) is 0 Å². The van der Waals surface area contributed by atoms with E-state index in [1.165, 1.54) is 14.1 Å². The molecule has 3 heterocycles. The first-order valence-corrected chi connectivity index (χ1v) is 9.76. The highest BCUT2D eigenvalue weighted by Gasteiger charge is 2.72. The Labute approximate surface area is 160 Å². The van der Waals surface area contributed by atoms with Crippen LogP contribution in [0, 0.1) is 18.8 Å². The summed E-state index contributed by atoms with van der Waals surface area (Å²) in [5, 5.41) is 4.45. The smallest absolute Gasteiger partial charge is 0.340 e. The van der Waals surface area contributed by atoms with E-state index >= 15 is 0 Å². The number of amides is 1. The molecule has 1 aromatic heterocycles. The molecule has 3 aliphatic rings. The monoisotopic (exact) mass is 388 g/mol. The van der Waals surface area contributed by atoms with Crippen molar-refractivity contribution in [2.24, 2.45) is 11.8 Å². The van der Waals surface area contributed by atoms with Crippen LogP contribution in [0.4, 0.5) is 8.78 Å². The van der Waals surface area contributed by atoms with Gasteiger partial charge < -0.3 is 4.90 Å². The number of carbonyl (C=O) groups excluding carboxylic acids is 1. The molecular weight excluding hydrogens is 366 g/mol. The second-order valence-corrected chi connectivity index (χ2v) is 8.25. The van der Waals surface area contributed by atoms with Crippen molar-refractivity contribution in [1.82, 2.24) is 19.2 Å². The van der Waals surface area contributed by atoms with Gasteiger partial charge in [0, 0.05) is 19.5 Å². The molecule has 3 unspecified atom stereocenters. The van der Waals surface area contributed by atoms with Gasteiger partial charge in [-0.15, -0.1) is 0 Å². The lowest BCUT2D eigenvalue weighted by Gasteiger charge is -2.28. The van der Waals surface area contributed by atoms with Gasteiger partial charge in [0.15, 0.2) is 0 Å². The van der Waals surface area contributed by atoms with E-state index in [9.17, 15) is 18.4 Å². The lowest BCUT2D eigenvalue weighted by molar-refractivity contribution is -0.136. The molecule has 1 aromatic carbocycles. The number of hydrogen-bond donors (Lipinski definition) is 0. The van der Waals surface area contributed by atoms with Gasteiger partial charge in [-0.1, -0.05) is 29.8 Å². The zero-order chi connectivity index (χ0) is 19.6. The maximum Gasteiger partial charge on any atom is 0.346 e. The number of carbonyl (C=O) groups is 1. The molecule has 2 fully saturated rings. The minimum absolute atomic E-state index is 0.0919. The summed E-state index contributed by atoms with van der Waals surface area (Å²) in [6, 6.07) is 7.25. The third kappa shape index (κ3) is 2.61. The van der Waals surface area contributed by atoms with Crippen LogP contribution in [-0.4, -0.2) is 44.2 Å². The maximum absolute atomic E-state index is 13.5. The summed E-state index contributed by atoms with van der Waals surface area (Å²) in [6.07, 6.45) is 1.95. The third-order valence-electron chi connectivity index (χ3n) is 6.38. The molecule has 1 saturated carbocycles. The summed E-state index contributed by atoms with van der Waals surface area (Å²) in [7, 11) is 0. The Kier molecular flexibility index (Phi) is 3.76. The summed E-state index contributed by atoms with van der Waals surface area (Å²) in [5.74, 6) is -3.65. The Morgan fingerprint density at radius 3 is 2.57 bits per heavy atom. The van der Waals surface area contributed by atoms with Crippen molar-refractivity contribution in [2.75, 3.05) is 13.1 Å². The predicted molar refractivity (Wildman–Crippen MR) is 97.3 cm³/mol. The number of piperidine rings is 1. The zero-order valence-corrected chi connectivity index (χ0v) is 15.6. The molecule has 1 aliphatic carbocycles. The number of aromatic nitrogens is 3. The molecule has 8 heteroatoms. The van der Waals surface area contributed by atoms with Gasteiger partial charge in [0.05, 0.1) is 18.4 Å². The minimum atomic E-state index is -2.62. The van der Waals surface area contributed by atoms with E-state index in [1.54, 1.807) is 0 Å². The molecule has 0 N–H and O–H groups in total. The highest BCUT2D eigenvalue weighted by molar-refractivity contribution is 5.81. The number of fused-ring (bicyclic) bond motifs is 2. The van der Waals surface area contributed by atoms with Crippen LogP contribution in [0.5, 0.6) is 0 Å². The molecule has 1 saturated heterocycles. The van der Waals surface area contributed by atoms with E-state index < -0.39 is 23.8 Å². The Morgan fingerprint density at radius 2 is 1.89 bits per heavy atom.